The molecule has 0 radical (unpaired) electrons. The van der Waals surface area contributed by atoms with E-state index in [0.29, 0.717) is 18.1 Å². The molecule has 1 amide bonds. The van der Waals surface area contributed by atoms with Gasteiger partial charge in [0.1, 0.15) is 0 Å². The van der Waals surface area contributed by atoms with Crippen LogP contribution in [0.15, 0.2) is 24.3 Å². The van der Waals surface area contributed by atoms with Gasteiger partial charge < -0.3 is 10.6 Å². The lowest BCUT2D eigenvalue weighted by Crippen LogP contribution is -2.41. The average Bonchev–Trinajstić information content (AvgIpc) is 2.83. The number of carbonyl (C=O) groups is 1. The summed E-state index contributed by atoms with van der Waals surface area (Å²) in [7, 11) is 0. The molecule has 1 saturated carbocycles. The fraction of sp³-hybridized carbons (Fsp3) is 0.533. The van der Waals surface area contributed by atoms with Crippen molar-refractivity contribution >= 4 is 29.9 Å². The van der Waals surface area contributed by atoms with Crippen LogP contribution in [-0.2, 0) is 11.3 Å². The van der Waals surface area contributed by atoms with Gasteiger partial charge >= 0.3 is 0 Å². The van der Waals surface area contributed by atoms with E-state index in [1.54, 1.807) is 0 Å². The van der Waals surface area contributed by atoms with E-state index in [-0.39, 0.29) is 30.3 Å². The Balaban J connectivity index is 0.00000200. The second-order valence-electron chi connectivity index (χ2n) is 5.15. The molecule has 5 heteroatoms. The van der Waals surface area contributed by atoms with E-state index in [1.165, 1.54) is 0 Å². The van der Waals surface area contributed by atoms with Crippen LogP contribution in [0.1, 0.15) is 31.7 Å². The average molecular weight is 317 g/mol. The summed E-state index contributed by atoms with van der Waals surface area (Å²) in [6.07, 6.45) is 2.93. The van der Waals surface area contributed by atoms with Gasteiger partial charge in [-0.15, -0.1) is 12.4 Å². The summed E-state index contributed by atoms with van der Waals surface area (Å²) in [5, 5.41) is 0.712. The Labute approximate surface area is 131 Å². The van der Waals surface area contributed by atoms with Crippen molar-refractivity contribution in [3.05, 3.63) is 34.9 Å². The van der Waals surface area contributed by atoms with Gasteiger partial charge in [0.25, 0.3) is 0 Å². The SMILES string of the molecule is CCN(Cc1ccccc1Cl)C(=O)C1CCCC1N.Cl. The summed E-state index contributed by atoms with van der Waals surface area (Å²) in [5.74, 6) is 0.162. The fourth-order valence-electron chi connectivity index (χ4n) is 2.71. The number of nitrogens with zero attached hydrogens (tertiary/aromatic N) is 1. The van der Waals surface area contributed by atoms with Crippen molar-refractivity contribution in [1.29, 1.82) is 0 Å². The third kappa shape index (κ3) is 3.87. The first kappa shape index (κ1) is 17.3. The van der Waals surface area contributed by atoms with Crippen LogP contribution in [0.2, 0.25) is 5.02 Å². The van der Waals surface area contributed by atoms with Crippen LogP contribution in [-0.4, -0.2) is 23.4 Å². The monoisotopic (exact) mass is 316 g/mol. The molecule has 20 heavy (non-hydrogen) atoms. The highest BCUT2D eigenvalue weighted by atomic mass is 35.5. The molecule has 112 valence electrons. The molecule has 1 aromatic rings. The van der Waals surface area contributed by atoms with Crippen LogP contribution >= 0.6 is 24.0 Å². The maximum Gasteiger partial charge on any atom is 0.227 e. The smallest absolute Gasteiger partial charge is 0.227 e. The van der Waals surface area contributed by atoms with Crippen molar-refractivity contribution in [3.8, 4) is 0 Å². The van der Waals surface area contributed by atoms with E-state index in [2.05, 4.69) is 0 Å². The minimum atomic E-state index is -0.0116. The summed E-state index contributed by atoms with van der Waals surface area (Å²) < 4.78 is 0. The third-order valence-electron chi connectivity index (χ3n) is 3.90. The Morgan fingerprint density at radius 1 is 1.40 bits per heavy atom. The summed E-state index contributed by atoms with van der Waals surface area (Å²) in [4.78, 5) is 14.4. The van der Waals surface area contributed by atoms with Gasteiger partial charge in [-0.1, -0.05) is 36.2 Å². The standard InChI is InChI=1S/C15H21ClN2O.ClH/c1-2-18(10-11-6-3-4-8-13(11)16)15(19)12-7-5-9-14(12)17;/h3-4,6,8,12,14H,2,5,7,9-10,17H2,1H3;1H. The summed E-state index contributed by atoms with van der Waals surface area (Å²) in [6.45, 7) is 3.25. The number of amides is 1. The first-order valence-electron chi connectivity index (χ1n) is 6.91. The molecule has 0 bridgehead atoms. The maximum absolute atomic E-state index is 12.5. The van der Waals surface area contributed by atoms with E-state index in [1.807, 2.05) is 36.1 Å². The molecule has 2 N–H and O–H groups in total. The molecule has 0 aromatic heterocycles. The molecular weight excluding hydrogens is 295 g/mol. The largest absolute Gasteiger partial charge is 0.338 e. The highest BCUT2D eigenvalue weighted by Crippen LogP contribution is 2.27. The second-order valence-corrected chi connectivity index (χ2v) is 5.55. The molecule has 2 atom stereocenters. The predicted octanol–water partition coefficient (Wildman–Crippen LogP) is 3.24. The predicted molar refractivity (Wildman–Crippen MR) is 85.1 cm³/mol. The van der Waals surface area contributed by atoms with Crippen molar-refractivity contribution in [2.75, 3.05) is 6.54 Å². The van der Waals surface area contributed by atoms with Gasteiger partial charge in [-0.05, 0) is 31.4 Å². The molecule has 2 unspecified atom stereocenters. The minimum absolute atomic E-state index is 0. The van der Waals surface area contributed by atoms with Gasteiger partial charge in [0, 0.05) is 24.2 Å². The fourth-order valence-corrected chi connectivity index (χ4v) is 2.90. The number of rotatable bonds is 4. The molecular formula is C15H22Cl2N2O. The van der Waals surface area contributed by atoms with Crippen molar-refractivity contribution in [3.63, 3.8) is 0 Å². The van der Waals surface area contributed by atoms with E-state index < -0.39 is 0 Å². The number of hydrogen-bond acceptors (Lipinski definition) is 2. The van der Waals surface area contributed by atoms with E-state index in [0.717, 1.165) is 24.8 Å². The Morgan fingerprint density at radius 3 is 2.65 bits per heavy atom. The van der Waals surface area contributed by atoms with Crippen LogP contribution in [0.25, 0.3) is 0 Å². The topological polar surface area (TPSA) is 46.3 Å². The minimum Gasteiger partial charge on any atom is -0.338 e. The Kier molecular flexibility index (Phi) is 6.80. The first-order valence-corrected chi connectivity index (χ1v) is 7.29. The highest BCUT2D eigenvalue weighted by molar-refractivity contribution is 6.31. The molecule has 0 aliphatic heterocycles. The van der Waals surface area contributed by atoms with E-state index >= 15 is 0 Å². The number of halogens is 2. The zero-order valence-corrected chi connectivity index (χ0v) is 13.3. The van der Waals surface area contributed by atoms with Gasteiger partial charge in [0.05, 0.1) is 5.92 Å². The third-order valence-corrected chi connectivity index (χ3v) is 4.27. The van der Waals surface area contributed by atoms with E-state index in [9.17, 15) is 4.79 Å². The molecule has 2 rings (SSSR count). The van der Waals surface area contributed by atoms with Crippen LogP contribution in [0.4, 0.5) is 0 Å². The van der Waals surface area contributed by atoms with Gasteiger partial charge in [-0.2, -0.15) is 0 Å². The Bertz CT molecular complexity index is 453. The van der Waals surface area contributed by atoms with Crippen LogP contribution < -0.4 is 5.73 Å². The quantitative estimate of drug-likeness (QED) is 0.927. The number of carbonyl (C=O) groups excluding carboxylic acids is 1. The number of benzene rings is 1. The van der Waals surface area contributed by atoms with Crippen molar-refractivity contribution in [1.82, 2.24) is 4.90 Å². The highest BCUT2D eigenvalue weighted by Gasteiger charge is 2.32. The lowest BCUT2D eigenvalue weighted by atomic mass is 10.0. The zero-order valence-electron chi connectivity index (χ0n) is 11.7. The number of hydrogen-bond donors (Lipinski definition) is 1. The molecule has 1 aromatic carbocycles. The van der Waals surface area contributed by atoms with Gasteiger partial charge in [-0.3, -0.25) is 4.79 Å². The first-order chi connectivity index (χ1) is 9.13. The summed E-state index contributed by atoms with van der Waals surface area (Å²) in [5.41, 5.74) is 7.01. The molecule has 0 heterocycles. The molecule has 1 aliphatic rings. The normalized spacial score (nSPS) is 21.4. The molecule has 0 spiro atoms. The maximum atomic E-state index is 12.5. The molecule has 0 saturated heterocycles. The van der Waals surface area contributed by atoms with E-state index in [4.69, 9.17) is 17.3 Å². The van der Waals surface area contributed by atoms with Crippen molar-refractivity contribution < 1.29 is 4.79 Å². The Morgan fingerprint density at radius 2 is 2.10 bits per heavy atom. The van der Waals surface area contributed by atoms with Gasteiger partial charge in [0.2, 0.25) is 5.91 Å². The van der Waals surface area contributed by atoms with Crippen LogP contribution in [0.5, 0.6) is 0 Å². The molecule has 1 aliphatic carbocycles. The summed E-state index contributed by atoms with van der Waals surface area (Å²) in [6, 6.07) is 7.69. The lowest BCUT2D eigenvalue weighted by molar-refractivity contribution is -0.136. The van der Waals surface area contributed by atoms with Crippen LogP contribution in [0, 0.1) is 5.92 Å². The van der Waals surface area contributed by atoms with Gasteiger partial charge in [0.15, 0.2) is 0 Å². The van der Waals surface area contributed by atoms with Gasteiger partial charge in [-0.25, -0.2) is 0 Å². The zero-order chi connectivity index (χ0) is 13.8. The van der Waals surface area contributed by atoms with Crippen molar-refractivity contribution in [2.24, 2.45) is 11.7 Å². The molecule has 3 nitrogen and oxygen atoms in total. The molecule has 1 fully saturated rings. The second kappa shape index (κ2) is 7.87. The van der Waals surface area contributed by atoms with Crippen LogP contribution in [0.3, 0.4) is 0 Å². The number of nitrogens with two attached hydrogens (primary N) is 1. The summed E-state index contributed by atoms with van der Waals surface area (Å²) >= 11 is 6.16. The lowest BCUT2D eigenvalue weighted by Gasteiger charge is -2.26. The van der Waals surface area contributed by atoms with Crippen molar-refractivity contribution in [2.45, 2.75) is 38.8 Å². The Hall–Kier alpha value is -0.770.